The molecule has 0 fully saturated rings. The van der Waals surface area contributed by atoms with E-state index in [1.165, 1.54) is 30.1 Å². The van der Waals surface area contributed by atoms with Crippen LogP contribution in [0.3, 0.4) is 0 Å². The van der Waals surface area contributed by atoms with E-state index in [0.717, 1.165) is 0 Å². The van der Waals surface area contributed by atoms with E-state index in [9.17, 15) is 13.2 Å². The highest BCUT2D eigenvalue weighted by Gasteiger charge is 2.12. The van der Waals surface area contributed by atoms with E-state index in [1.807, 2.05) is 0 Å². The molecule has 9 heteroatoms. The van der Waals surface area contributed by atoms with Crippen molar-refractivity contribution in [1.29, 1.82) is 0 Å². The summed E-state index contributed by atoms with van der Waals surface area (Å²) in [5.41, 5.74) is 2.02. The second kappa shape index (κ2) is 7.51. The van der Waals surface area contributed by atoms with E-state index in [0.29, 0.717) is 27.7 Å². The summed E-state index contributed by atoms with van der Waals surface area (Å²) in [6, 6.07) is 12.9. The maximum Gasteiger partial charge on any atom is 0.280 e. The Morgan fingerprint density at radius 3 is 2.33 bits per heavy atom. The summed E-state index contributed by atoms with van der Waals surface area (Å²) in [7, 11) is -2.15. The second-order valence-electron chi connectivity index (χ2n) is 5.73. The van der Waals surface area contributed by atoms with Crippen LogP contribution in [0.4, 0.5) is 5.69 Å². The van der Waals surface area contributed by atoms with Gasteiger partial charge in [-0.3, -0.25) is 14.9 Å². The molecule has 0 saturated carbocycles. The zero-order valence-electron chi connectivity index (χ0n) is 14.6. The molecule has 0 radical (unpaired) electrons. The Labute approximate surface area is 161 Å². The van der Waals surface area contributed by atoms with Crippen LogP contribution in [0.15, 0.2) is 63.2 Å². The fourth-order valence-electron chi connectivity index (χ4n) is 2.45. The van der Waals surface area contributed by atoms with Crippen molar-refractivity contribution < 1.29 is 8.42 Å². The second-order valence-corrected chi connectivity index (χ2v) is 8.05. The van der Waals surface area contributed by atoms with E-state index < -0.39 is 10.0 Å². The Bertz CT molecular complexity index is 1140. The number of aromatic nitrogens is 2. The van der Waals surface area contributed by atoms with Crippen LogP contribution in [0.2, 0.25) is 5.02 Å². The summed E-state index contributed by atoms with van der Waals surface area (Å²) >= 11 is 5.88. The zero-order valence-corrected chi connectivity index (χ0v) is 16.2. The molecule has 0 amide bonds. The van der Waals surface area contributed by atoms with Gasteiger partial charge in [-0.25, -0.2) is 17.8 Å². The number of nitrogens with one attached hydrogen (secondary N) is 2. The van der Waals surface area contributed by atoms with Gasteiger partial charge in [0.1, 0.15) is 0 Å². The van der Waals surface area contributed by atoms with Gasteiger partial charge in [0.05, 0.1) is 21.8 Å². The normalized spacial score (nSPS) is 12.0. The molecule has 2 aromatic carbocycles. The lowest BCUT2D eigenvalue weighted by Crippen LogP contribution is -2.18. The third kappa shape index (κ3) is 4.02. The van der Waals surface area contributed by atoms with Crippen molar-refractivity contribution in [3.8, 4) is 5.69 Å². The number of nitrogens with zero attached hydrogens (tertiary/aromatic N) is 2. The van der Waals surface area contributed by atoms with Gasteiger partial charge in [0.15, 0.2) is 0 Å². The molecule has 0 aliphatic carbocycles. The van der Waals surface area contributed by atoms with E-state index in [4.69, 9.17) is 11.6 Å². The molecular weight excluding hydrogens is 388 g/mol. The molecule has 3 aromatic rings. The van der Waals surface area contributed by atoms with Gasteiger partial charge in [-0.15, -0.1) is 0 Å². The summed E-state index contributed by atoms with van der Waals surface area (Å²) in [6.45, 7) is 1.78. The van der Waals surface area contributed by atoms with Crippen molar-refractivity contribution in [2.75, 3.05) is 7.05 Å². The van der Waals surface area contributed by atoms with Gasteiger partial charge in [0.25, 0.3) is 5.56 Å². The van der Waals surface area contributed by atoms with Crippen molar-refractivity contribution in [1.82, 2.24) is 14.5 Å². The first-order valence-electron chi connectivity index (χ1n) is 7.97. The molecule has 1 heterocycles. The molecule has 0 atom stereocenters. The molecule has 0 bridgehead atoms. The molecule has 0 unspecified atom stereocenters. The number of aryl methyl sites for hydroxylation is 1. The maximum atomic E-state index is 12.6. The van der Waals surface area contributed by atoms with Crippen molar-refractivity contribution in [2.24, 2.45) is 4.99 Å². The Morgan fingerprint density at radius 1 is 1.11 bits per heavy atom. The molecular formula is C18H17ClN4O3S. The Balaban J connectivity index is 1.90. The first-order valence-corrected chi connectivity index (χ1v) is 9.83. The van der Waals surface area contributed by atoms with E-state index in [1.54, 1.807) is 43.3 Å². The minimum absolute atomic E-state index is 0.145. The molecule has 3 rings (SSSR count). The number of hydrogen-bond acceptors (Lipinski definition) is 4. The van der Waals surface area contributed by atoms with Crippen LogP contribution in [-0.2, 0) is 10.0 Å². The molecule has 0 aliphatic rings. The number of hydrogen-bond donors (Lipinski definition) is 2. The number of sulfonamides is 1. The fraction of sp³-hybridized carbons (Fsp3) is 0.111. The maximum absolute atomic E-state index is 12.6. The van der Waals surface area contributed by atoms with Crippen LogP contribution < -0.4 is 10.3 Å². The summed E-state index contributed by atoms with van der Waals surface area (Å²) in [5.74, 6) is 0. The van der Waals surface area contributed by atoms with E-state index in [2.05, 4.69) is 14.8 Å². The van der Waals surface area contributed by atoms with Gasteiger partial charge in [-0.1, -0.05) is 11.6 Å². The topological polar surface area (TPSA) is 96.3 Å². The van der Waals surface area contributed by atoms with Gasteiger partial charge in [0, 0.05) is 16.9 Å². The number of H-pyrrole nitrogens is 1. The predicted octanol–water partition coefficient (Wildman–Crippen LogP) is 2.79. The van der Waals surface area contributed by atoms with Gasteiger partial charge >= 0.3 is 0 Å². The first kappa shape index (κ1) is 19.1. The minimum Gasteiger partial charge on any atom is -0.295 e. The highest BCUT2D eigenvalue weighted by Crippen LogP contribution is 2.17. The molecule has 1 aromatic heterocycles. The van der Waals surface area contributed by atoms with Crippen LogP contribution in [0, 0.1) is 6.92 Å². The van der Waals surface area contributed by atoms with Crippen LogP contribution in [-0.4, -0.2) is 31.5 Å². The number of aliphatic imine (C=N–C) groups is 1. The minimum atomic E-state index is -3.50. The van der Waals surface area contributed by atoms with Crippen molar-refractivity contribution in [2.45, 2.75) is 11.8 Å². The first-order chi connectivity index (χ1) is 12.8. The monoisotopic (exact) mass is 404 g/mol. The summed E-state index contributed by atoms with van der Waals surface area (Å²) in [5, 5.41) is 3.59. The van der Waals surface area contributed by atoms with Gasteiger partial charge in [-0.05, 0) is 62.5 Å². The molecule has 0 saturated heterocycles. The molecule has 0 aliphatic heterocycles. The summed E-state index contributed by atoms with van der Waals surface area (Å²) in [6.07, 6.45) is 1.46. The highest BCUT2D eigenvalue weighted by molar-refractivity contribution is 7.89. The SMILES string of the molecule is CNS(=O)(=O)c1ccc(N=Cc2c(C)[nH]n(-c3ccc(Cl)cc3)c2=O)cc1. The van der Waals surface area contributed by atoms with Crippen molar-refractivity contribution >= 4 is 33.5 Å². The van der Waals surface area contributed by atoms with E-state index in [-0.39, 0.29) is 10.5 Å². The number of rotatable bonds is 5. The molecule has 27 heavy (non-hydrogen) atoms. The standard InChI is InChI=1S/C18H17ClN4O3S/c1-12-17(18(24)23(22-12)15-7-3-13(19)4-8-15)11-21-14-5-9-16(10-6-14)27(25,26)20-2/h3-11,20,22H,1-2H3. The number of halogens is 1. The summed E-state index contributed by atoms with van der Waals surface area (Å²) < 4.78 is 27.1. The highest BCUT2D eigenvalue weighted by atomic mass is 35.5. The van der Waals surface area contributed by atoms with Crippen molar-refractivity contribution in [3.63, 3.8) is 0 Å². The van der Waals surface area contributed by atoms with Gasteiger partial charge < -0.3 is 0 Å². The average molecular weight is 405 g/mol. The molecule has 7 nitrogen and oxygen atoms in total. The predicted molar refractivity (Wildman–Crippen MR) is 106 cm³/mol. The van der Waals surface area contributed by atoms with Crippen LogP contribution in [0.25, 0.3) is 5.69 Å². The Morgan fingerprint density at radius 2 is 1.74 bits per heavy atom. The lowest BCUT2D eigenvalue weighted by atomic mass is 10.2. The number of benzene rings is 2. The van der Waals surface area contributed by atoms with Crippen molar-refractivity contribution in [3.05, 3.63) is 75.2 Å². The molecule has 2 N–H and O–H groups in total. The Hall–Kier alpha value is -2.68. The van der Waals surface area contributed by atoms with Crippen LogP contribution in [0.1, 0.15) is 11.3 Å². The smallest absolute Gasteiger partial charge is 0.280 e. The lowest BCUT2D eigenvalue weighted by molar-refractivity contribution is 0.588. The van der Waals surface area contributed by atoms with Gasteiger partial charge in [-0.2, -0.15) is 0 Å². The number of aromatic amines is 1. The average Bonchev–Trinajstić information content (AvgIpc) is 2.95. The third-order valence-corrected chi connectivity index (χ3v) is 5.64. The summed E-state index contributed by atoms with van der Waals surface area (Å²) in [4.78, 5) is 17.1. The fourth-order valence-corrected chi connectivity index (χ4v) is 3.31. The third-order valence-electron chi connectivity index (χ3n) is 3.96. The van der Waals surface area contributed by atoms with Crippen LogP contribution >= 0.6 is 11.6 Å². The largest absolute Gasteiger partial charge is 0.295 e. The van der Waals surface area contributed by atoms with Gasteiger partial charge in [0.2, 0.25) is 10.0 Å². The quantitative estimate of drug-likeness (QED) is 0.640. The zero-order chi connectivity index (χ0) is 19.6. The molecule has 0 spiro atoms. The Kier molecular flexibility index (Phi) is 5.31. The van der Waals surface area contributed by atoms with Crippen LogP contribution in [0.5, 0.6) is 0 Å². The lowest BCUT2D eigenvalue weighted by Gasteiger charge is -2.01. The molecule has 140 valence electrons. The van der Waals surface area contributed by atoms with E-state index >= 15 is 0 Å².